The summed E-state index contributed by atoms with van der Waals surface area (Å²) in [5, 5.41) is 4.23. The van der Waals surface area contributed by atoms with Gasteiger partial charge in [-0.25, -0.2) is 0 Å². The van der Waals surface area contributed by atoms with Gasteiger partial charge in [-0.05, 0) is 18.4 Å². The molecule has 2 aliphatic heterocycles. The van der Waals surface area contributed by atoms with Crippen LogP contribution in [0.2, 0.25) is 0 Å². The minimum absolute atomic E-state index is 0.404. The molecule has 1 aromatic carbocycles. The number of ether oxygens (including phenoxy) is 1. The second kappa shape index (κ2) is 3.91. The molecule has 16 heavy (non-hydrogen) atoms. The van der Waals surface area contributed by atoms with Crippen molar-refractivity contribution in [2.45, 2.75) is 31.5 Å². The summed E-state index contributed by atoms with van der Waals surface area (Å²) in [4.78, 5) is 5.56. The van der Waals surface area contributed by atoms with Crippen LogP contribution < -0.4 is 0 Å². The fourth-order valence-electron chi connectivity index (χ4n) is 2.31. The normalized spacial score (nSPS) is 28.9. The fraction of sp³-hybridized carbons (Fsp3) is 0.462. The van der Waals surface area contributed by atoms with E-state index in [2.05, 4.69) is 17.3 Å². The van der Waals surface area contributed by atoms with E-state index in [0.29, 0.717) is 0 Å². The quantitative estimate of drug-likeness (QED) is 0.724. The van der Waals surface area contributed by atoms with E-state index in [1.165, 1.54) is 0 Å². The van der Waals surface area contributed by atoms with Crippen molar-refractivity contribution < 1.29 is 9.57 Å². The first kappa shape index (κ1) is 9.85. The summed E-state index contributed by atoms with van der Waals surface area (Å²) in [7, 11) is 0. The number of rotatable bonds is 1. The van der Waals surface area contributed by atoms with Gasteiger partial charge in [-0.3, -0.25) is 0 Å². The molecule has 1 atom stereocenters. The van der Waals surface area contributed by atoms with Crippen LogP contribution in [0, 0.1) is 0 Å². The summed E-state index contributed by atoms with van der Waals surface area (Å²) < 4.78 is 5.64. The SMILES string of the molecule is c1ccc(C2=NOC3(CCCO3)CC2)cc1. The lowest BCUT2D eigenvalue weighted by Crippen LogP contribution is -2.34. The molecule has 0 bridgehead atoms. The van der Waals surface area contributed by atoms with Crippen molar-refractivity contribution >= 4 is 5.71 Å². The summed E-state index contributed by atoms with van der Waals surface area (Å²) in [6.07, 6.45) is 3.90. The first-order valence-electron chi connectivity index (χ1n) is 5.82. The summed E-state index contributed by atoms with van der Waals surface area (Å²) in [6, 6.07) is 10.2. The van der Waals surface area contributed by atoms with Gasteiger partial charge in [-0.1, -0.05) is 35.5 Å². The van der Waals surface area contributed by atoms with E-state index in [-0.39, 0.29) is 0 Å². The summed E-state index contributed by atoms with van der Waals surface area (Å²) in [5.41, 5.74) is 2.18. The number of hydrogen-bond acceptors (Lipinski definition) is 3. The zero-order valence-corrected chi connectivity index (χ0v) is 9.19. The Kier molecular flexibility index (Phi) is 2.40. The average Bonchev–Trinajstić information content (AvgIpc) is 2.80. The Bertz CT molecular complexity index is 394. The third-order valence-electron chi connectivity index (χ3n) is 3.24. The summed E-state index contributed by atoms with van der Waals surface area (Å²) >= 11 is 0. The second-order valence-corrected chi connectivity index (χ2v) is 4.36. The van der Waals surface area contributed by atoms with Gasteiger partial charge in [0.2, 0.25) is 5.79 Å². The van der Waals surface area contributed by atoms with E-state index < -0.39 is 5.79 Å². The van der Waals surface area contributed by atoms with Crippen LogP contribution in [-0.4, -0.2) is 18.1 Å². The Balaban J connectivity index is 1.79. The van der Waals surface area contributed by atoms with Gasteiger partial charge in [-0.2, -0.15) is 0 Å². The number of hydrogen-bond donors (Lipinski definition) is 0. The molecule has 3 rings (SSSR count). The molecular weight excluding hydrogens is 202 g/mol. The van der Waals surface area contributed by atoms with Crippen LogP contribution in [0.25, 0.3) is 0 Å². The fourth-order valence-corrected chi connectivity index (χ4v) is 2.31. The highest BCUT2D eigenvalue weighted by Crippen LogP contribution is 2.35. The first-order chi connectivity index (χ1) is 7.88. The molecule has 2 heterocycles. The van der Waals surface area contributed by atoms with Crippen LogP contribution in [0.1, 0.15) is 31.2 Å². The molecule has 0 aliphatic carbocycles. The van der Waals surface area contributed by atoms with Crippen molar-refractivity contribution in [1.82, 2.24) is 0 Å². The Morgan fingerprint density at radius 3 is 2.62 bits per heavy atom. The van der Waals surface area contributed by atoms with Crippen LogP contribution in [0.5, 0.6) is 0 Å². The lowest BCUT2D eigenvalue weighted by atomic mass is 9.99. The largest absolute Gasteiger partial charge is 0.360 e. The van der Waals surface area contributed by atoms with Crippen LogP contribution in [0.15, 0.2) is 35.5 Å². The van der Waals surface area contributed by atoms with Gasteiger partial charge in [0.1, 0.15) is 0 Å². The van der Waals surface area contributed by atoms with E-state index in [4.69, 9.17) is 9.57 Å². The first-order valence-corrected chi connectivity index (χ1v) is 5.82. The molecule has 1 spiro atoms. The third kappa shape index (κ3) is 1.71. The molecule has 84 valence electrons. The van der Waals surface area contributed by atoms with Crippen molar-refractivity contribution in [2.75, 3.05) is 6.61 Å². The predicted molar refractivity (Wildman–Crippen MR) is 61.2 cm³/mol. The van der Waals surface area contributed by atoms with E-state index in [9.17, 15) is 0 Å². The van der Waals surface area contributed by atoms with E-state index in [1.807, 2.05) is 18.2 Å². The average molecular weight is 217 g/mol. The minimum Gasteiger partial charge on any atom is -0.360 e. The monoisotopic (exact) mass is 217 g/mol. The van der Waals surface area contributed by atoms with Crippen molar-refractivity contribution in [3.63, 3.8) is 0 Å². The molecule has 0 N–H and O–H groups in total. The molecular formula is C13H15NO2. The van der Waals surface area contributed by atoms with Crippen molar-refractivity contribution in [3.8, 4) is 0 Å². The van der Waals surface area contributed by atoms with Crippen molar-refractivity contribution in [3.05, 3.63) is 35.9 Å². The van der Waals surface area contributed by atoms with Crippen molar-refractivity contribution in [2.24, 2.45) is 5.16 Å². The van der Waals surface area contributed by atoms with E-state index in [0.717, 1.165) is 43.6 Å². The number of nitrogens with zero attached hydrogens (tertiary/aromatic N) is 1. The molecule has 0 radical (unpaired) electrons. The van der Waals surface area contributed by atoms with Crippen molar-refractivity contribution in [1.29, 1.82) is 0 Å². The Hall–Kier alpha value is -1.35. The van der Waals surface area contributed by atoms with Crippen LogP contribution in [0.3, 0.4) is 0 Å². The minimum atomic E-state index is -0.404. The molecule has 2 aliphatic rings. The van der Waals surface area contributed by atoms with Gasteiger partial charge in [0.25, 0.3) is 0 Å². The predicted octanol–water partition coefficient (Wildman–Crippen LogP) is 2.71. The summed E-state index contributed by atoms with van der Waals surface area (Å²) in [6.45, 7) is 0.802. The maximum absolute atomic E-state index is 5.64. The van der Waals surface area contributed by atoms with Crippen LogP contribution >= 0.6 is 0 Å². The van der Waals surface area contributed by atoms with E-state index in [1.54, 1.807) is 0 Å². The highest BCUT2D eigenvalue weighted by atomic mass is 16.8. The Morgan fingerprint density at radius 2 is 2.00 bits per heavy atom. The smallest absolute Gasteiger partial charge is 0.237 e. The molecule has 0 amide bonds. The second-order valence-electron chi connectivity index (χ2n) is 4.36. The van der Waals surface area contributed by atoms with Gasteiger partial charge in [-0.15, -0.1) is 0 Å². The van der Waals surface area contributed by atoms with E-state index >= 15 is 0 Å². The third-order valence-corrected chi connectivity index (χ3v) is 3.24. The summed E-state index contributed by atoms with van der Waals surface area (Å²) in [5.74, 6) is -0.404. The highest BCUT2D eigenvalue weighted by Gasteiger charge is 2.40. The molecule has 1 unspecified atom stereocenters. The van der Waals surface area contributed by atoms with Crippen LogP contribution in [0.4, 0.5) is 0 Å². The van der Waals surface area contributed by atoms with Gasteiger partial charge in [0, 0.05) is 12.8 Å². The van der Waals surface area contributed by atoms with Gasteiger partial charge < -0.3 is 9.57 Å². The van der Waals surface area contributed by atoms with Gasteiger partial charge in [0.15, 0.2) is 0 Å². The molecule has 1 aromatic rings. The lowest BCUT2D eigenvalue weighted by Gasteiger charge is -2.29. The Labute approximate surface area is 95.1 Å². The molecule has 3 heteroatoms. The van der Waals surface area contributed by atoms with Gasteiger partial charge in [0.05, 0.1) is 12.3 Å². The molecule has 3 nitrogen and oxygen atoms in total. The zero-order valence-electron chi connectivity index (χ0n) is 9.19. The number of benzene rings is 1. The molecule has 1 saturated heterocycles. The zero-order chi connectivity index (χ0) is 10.8. The topological polar surface area (TPSA) is 30.8 Å². The maximum atomic E-state index is 5.64. The molecule has 0 aromatic heterocycles. The number of oxime groups is 1. The van der Waals surface area contributed by atoms with Crippen LogP contribution in [-0.2, 0) is 9.57 Å². The molecule has 0 saturated carbocycles. The standard InChI is InChI=1S/C13H15NO2/c1-2-5-11(6-3-1)12-7-9-13(16-14-12)8-4-10-15-13/h1-3,5-6H,4,7-10H2. The Morgan fingerprint density at radius 1 is 1.12 bits per heavy atom. The lowest BCUT2D eigenvalue weighted by molar-refractivity contribution is -0.218. The van der Waals surface area contributed by atoms with Gasteiger partial charge >= 0.3 is 0 Å². The maximum Gasteiger partial charge on any atom is 0.237 e. The molecule has 1 fully saturated rings. The highest BCUT2D eigenvalue weighted by molar-refractivity contribution is 6.00.